The van der Waals surface area contributed by atoms with Crippen LogP contribution in [0.4, 0.5) is 5.69 Å². The van der Waals surface area contributed by atoms with Crippen LogP contribution >= 0.6 is 22.6 Å². The summed E-state index contributed by atoms with van der Waals surface area (Å²) in [5.41, 5.74) is 14.0. The van der Waals surface area contributed by atoms with Gasteiger partial charge >= 0.3 is 17.9 Å². The van der Waals surface area contributed by atoms with Crippen LogP contribution in [0.25, 0.3) is 17.0 Å². The molecule has 6 heterocycles. The first kappa shape index (κ1) is 71.8. The molecule has 4 unspecified atom stereocenters. The van der Waals surface area contributed by atoms with E-state index in [-0.39, 0.29) is 47.5 Å². The van der Waals surface area contributed by atoms with E-state index in [0.717, 1.165) is 172 Å². The first-order valence-electron chi connectivity index (χ1n) is 33.2. The van der Waals surface area contributed by atoms with Crippen molar-refractivity contribution < 1.29 is 57.1 Å². The molecule has 21 heteroatoms. The summed E-state index contributed by atoms with van der Waals surface area (Å²) in [6.45, 7) is 28.4. The fourth-order valence-electron chi connectivity index (χ4n) is 11.9. The number of carbonyl (C=O) groups excluding carboxylic acids is 5. The number of amides is 2. The van der Waals surface area contributed by atoms with E-state index in [4.69, 9.17) is 28.4 Å². The van der Waals surface area contributed by atoms with Crippen molar-refractivity contribution in [2.24, 2.45) is 16.9 Å². The highest BCUT2D eigenvalue weighted by Crippen LogP contribution is 2.49. The van der Waals surface area contributed by atoms with Gasteiger partial charge in [0, 0.05) is 129 Å². The molecule has 0 radical (unpaired) electrons. The smallest absolute Gasteiger partial charge is 0.330 e. The molecular weight excluding hydrogens is 1320 g/mol. The van der Waals surface area contributed by atoms with Gasteiger partial charge in [0.2, 0.25) is 5.91 Å². The zero-order valence-electron chi connectivity index (χ0n) is 55.0. The summed E-state index contributed by atoms with van der Waals surface area (Å²) in [4.78, 5) is 71.3. The number of nitrogens with zero attached hydrogens (tertiary/aromatic N) is 5. The summed E-state index contributed by atoms with van der Waals surface area (Å²) >= 11 is 2.36. The van der Waals surface area contributed by atoms with E-state index in [0.29, 0.717) is 37.0 Å². The Balaban J connectivity index is 0.000000150. The normalized spacial score (nSPS) is 20.1. The van der Waals surface area contributed by atoms with Crippen LogP contribution in [0.15, 0.2) is 139 Å². The molecule has 0 bridgehead atoms. The monoisotopic (exact) mass is 1410 g/mol. The molecule has 6 fully saturated rings. The number of benzene rings is 5. The Hall–Kier alpha value is -7.45. The highest BCUT2D eigenvalue weighted by molar-refractivity contribution is 14.1. The molecule has 95 heavy (non-hydrogen) atoms. The number of rotatable bonds is 19. The van der Waals surface area contributed by atoms with Gasteiger partial charge in [0.05, 0.1) is 90.4 Å². The topological polar surface area (TPSA) is 215 Å². The standard InChI is InChI=1S/C25H25N5O3.C17H23NO3.C16H21NO3.C11H14INO.C5H8O2/c31-24(28-18-9-21-23-17(12-26-22(23)10-18)13-27-29-25(21)32)20-11-19(20)16-3-1-2-15(8-16)14-30-4-6-33-7-5-30;1-2-21-17(19)16-11-15(16)14-5-3-4-13(10-14)12-18-6-8-20-9-7-18;1-2-20-16(18)7-6-14-4-3-5-15(12-14)13-17-8-10-19-11-9-17;12-11-3-1-2-10(8-11)9-13-4-6-14-7-5-13;1-3-5(6)7-4-2/h1-3,8-10,12-13,19-20,26H,4-7,11,14H2,(H,28,31)(H,29,32);3-5,10,15-16H,2,6-9,11-12H2,1H3;3-7,12H,2,8-11,13H2,1H3;1-3,8H,4-7,9H2;3H,1,4H2,2H3/b;;7-6+;;. The van der Waals surface area contributed by atoms with Gasteiger partial charge < -0.3 is 43.5 Å². The third kappa shape index (κ3) is 23.1. The van der Waals surface area contributed by atoms with E-state index < -0.39 is 0 Å². The molecule has 0 spiro atoms. The number of halogens is 1. The maximum absolute atomic E-state index is 13.0. The predicted molar refractivity (Wildman–Crippen MR) is 376 cm³/mol. The average molecular weight is 1410 g/mol. The lowest BCUT2D eigenvalue weighted by molar-refractivity contribution is -0.145. The number of hydrogen-bond acceptors (Lipinski definition) is 17. The van der Waals surface area contributed by atoms with Gasteiger partial charge in [-0.2, -0.15) is 5.10 Å². The van der Waals surface area contributed by atoms with E-state index in [9.17, 15) is 24.0 Å². The Morgan fingerprint density at radius 2 is 1.07 bits per heavy atom. The molecule has 4 atom stereocenters. The van der Waals surface area contributed by atoms with E-state index >= 15 is 0 Å². The number of carbonyl (C=O) groups is 5. The zero-order valence-corrected chi connectivity index (χ0v) is 57.1. The summed E-state index contributed by atoms with van der Waals surface area (Å²) in [5, 5.41) is 7.78. The van der Waals surface area contributed by atoms with Gasteiger partial charge in [-0.25, -0.2) is 15.0 Å². The quantitative estimate of drug-likeness (QED) is 0.0298. The summed E-state index contributed by atoms with van der Waals surface area (Å²) < 4.78 is 37.2. The Morgan fingerprint density at radius 3 is 1.58 bits per heavy atom. The molecule has 5 aromatic carbocycles. The van der Waals surface area contributed by atoms with Crippen molar-refractivity contribution in [3.8, 4) is 0 Å². The summed E-state index contributed by atoms with van der Waals surface area (Å²) in [6.07, 6.45) is 9.60. The third-order valence-corrected chi connectivity index (χ3v) is 17.7. The number of hydrogen-bond donors (Lipinski definition) is 3. The van der Waals surface area contributed by atoms with Crippen molar-refractivity contribution in [3.63, 3.8) is 0 Å². The Labute approximate surface area is 571 Å². The van der Waals surface area contributed by atoms with Crippen LogP contribution in [-0.2, 0) is 78.5 Å². The summed E-state index contributed by atoms with van der Waals surface area (Å²) in [7, 11) is 0. The lowest BCUT2D eigenvalue weighted by Gasteiger charge is -2.26. The van der Waals surface area contributed by atoms with Crippen LogP contribution in [0.1, 0.15) is 100 Å². The number of hydrazone groups is 1. The second kappa shape index (κ2) is 37.7. The molecule has 3 N–H and O–H groups in total. The van der Waals surface area contributed by atoms with Crippen molar-refractivity contribution >= 4 is 81.2 Å². The molecule has 20 nitrogen and oxygen atoms in total. The first-order chi connectivity index (χ1) is 46.4. The van der Waals surface area contributed by atoms with E-state index in [1.165, 1.54) is 43.0 Å². The number of H-pyrrole nitrogens is 1. The van der Waals surface area contributed by atoms with Gasteiger partial charge in [-0.05, 0) is 137 Å². The molecule has 13 rings (SSSR count). The first-order valence-corrected chi connectivity index (χ1v) is 34.3. The Bertz CT molecular complexity index is 3550. The molecule has 2 saturated carbocycles. The van der Waals surface area contributed by atoms with E-state index in [2.05, 4.69) is 159 Å². The molecule has 1 aromatic heterocycles. The van der Waals surface area contributed by atoms with Crippen LogP contribution in [0.2, 0.25) is 0 Å². The number of aromatic nitrogens is 1. The van der Waals surface area contributed by atoms with Crippen molar-refractivity contribution in [2.45, 2.75) is 71.6 Å². The lowest BCUT2D eigenvalue weighted by atomic mass is 10.0. The molecule has 2 amide bonds. The summed E-state index contributed by atoms with van der Waals surface area (Å²) in [5.74, 6) is -0.398. The van der Waals surface area contributed by atoms with Crippen molar-refractivity contribution in [1.29, 1.82) is 0 Å². The number of esters is 3. The van der Waals surface area contributed by atoms with Crippen LogP contribution in [0.3, 0.4) is 0 Å². The molecule has 6 aromatic rings. The van der Waals surface area contributed by atoms with Crippen molar-refractivity contribution in [3.05, 3.63) is 188 Å². The number of aromatic amines is 1. The minimum atomic E-state index is -0.359. The van der Waals surface area contributed by atoms with Crippen LogP contribution < -0.4 is 10.7 Å². The molecule has 4 saturated heterocycles. The maximum atomic E-state index is 13.0. The second-order valence-electron chi connectivity index (χ2n) is 24.0. The predicted octanol–water partition coefficient (Wildman–Crippen LogP) is 9.96. The Kier molecular flexibility index (Phi) is 28.5. The van der Waals surface area contributed by atoms with Crippen LogP contribution in [-0.4, -0.2) is 186 Å². The van der Waals surface area contributed by atoms with E-state index in [1.807, 2.05) is 31.3 Å². The molecule has 5 aliphatic heterocycles. The van der Waals surface area contributed by atoms with Crippen LogP contribution in [0.5, 0.6) is 0 Å². The highest BCUT2D eigenvalue weighted by Gasteiger charge is 2.45. The van der Waals surface area contributed by atoms with Gasteiger partial charge in [0.15, 0.2) is 0 Å². The molecule has 7 aliphatic rings. The zero-order chi connectivity index (χ0) is 66.7. The maximum Gasteiger partial charge on any atom is 0.330 e. The molecule has 506 valence electrons. The van der Waals surface area contributed by atoms with Gasteiger partial charge in [-0.15, -0.1) is 0 Å². The fourth-order valence-corrected chi connectivity index (χ4v) is 12.5. The Morgan fingerprint density at radius 1 is 0.600 bits per heavy atom. The average Bonchev–Trinajstić information content (AvgIpc) is 1.67. The molecular formula is C74H91IN8O12. The molecule has 2 aliphatic carbocycles. The summed E-state index contributed by atoms with van der Waals surface area (Å²) in [6, 6.07) is 37.7. The van der Waals surface area contributed by atoms with Gasteiger partial charge in [0.1, 0.15) is 0 Å². The van der Waals surface area contributed by atoms with Gasteiger partial charge in [0.25, 0.3) is 5.91 Å². The van der Waals surface area contributed by atoms with Crippen LogP contribution in [0, 0.1) is 15.4 Å². The van der Waals surface area contributed by atoms with Crippen molar-refractivity contribution in [2.75, 3.05) is 130 Å². The lowest BCUT2D eigenvalue weighted by Crippen LogP contribution is -2.35. The second-order valence-corrected chi connectivity index (χ2v) is 25.2. The fraction of sp³-hybridized carbons (Fsp3) is 0.432. The minimum Gasteiger partial charge on any atom is -0.466 e. The van der Waals surface area contributed by atoms with Crippen molar-refractivity contribution in [1.82, 2.24) is 30.0 Å². The van der Waals surface area contributed by atoms with E-state index in [1.54, 1.807) is 32.2 Å². The van der Waals surface area contributed by atoms with Gasteiger partial charge in [-0.1, -0.05) is 91.5 Å². The minimum absolute atomic E-state index is 0.0119. The largest absolute Gasteiger partial charge is 0.466 e. The number of nitrogens with one attached hydrogen (secondary N) is 3. The number of ether oxygens (including phenoxy) is 7. The number of anilines is 1. The SMILES string of the molecule is C=CC(=O)OCC.CCOC(=O)/C=C/c1cccc(CN2CCOCC2)c1.CCOC(=O)C1CC1c1cccc(CN2CCOCC2)c1.Ic1cccc(CN2CCOCC2)c1.O=C1NN=Cc2c[nH]c3cc(NC(=O)C4CC4c4cccc(CN5CCOCC5)c4)cc1c23. The third-order valence-electron chi connectivity index (χ3n) is 17.0. The number of morpholine rings is 4. The highest BCUT2D eigenvalue weighted by atomic mass is 127. The van der Waals surface area contributed by atoms with Gasteiger partial charge in [-0.3, -0.25) is 34.0 Å².